The van der Waals surface area contributed by atoms with Crippen LogP contribution in [0.25, 0.3) is 0 Å². The molecule has 0 amide bonds. The Morgan fingerprint density at radius 2 is 2.00 bits per heavy atom. The highest BCUT2D eigenvalue weighted by Crippen LogP contribution is 2.39. The summed E-state index contributed by atoms with van der Waals surface area (Å²) in [5, 5.41) is 3.79. The zero-order valence-corrected chi connectivity index (χ0v) is 12.1. The second-order valence-electron chi connectivity index (χ2n) is 6.66. The minimum absolute atomic E-state index is 0.418. The average molecular weight is 246 g/mol. The summed E-state index contributed by atoms with van der Waals surface area (Å²) in [6.45, 7) is 9.43. The Kier molecular flexibility index (Phi) is 4.06. The molecule has 3 atom stereocenters. The lowest BCUT2D eigenvalue weighted by molar-refractivity contribution is 0.143. The standard InChI is InChI=1S/C16H26N2/c1-12-11-16(3,4)8-5-15(12)18-13(2)14-6-9-17-10-7-14/h6-7,9-10,12-13,15,18H,5,8,11H2,1-4H3. The van der Waals surface area contributed by atoms with Gasteiger partial charge in [-0.05, 0) is 55.2 Å². The highest BCUT2D eigenvalue weighted by molar-refractivity contribution is 5.14. The molecule has 1 aliphatic carbocycles. The van der Waals surface area contributed by atoms with Gasteiger partial charge in [-0.3, -0.25) is 4.98 Å². The molecular formula is C16H26N2. The van der Waals surface area contributed by atoms with Crippen LogP contribution in [-0.4, -0.2) is 11.0 Å². The average Bonchev–Trinajstić information content (AvgIpc) is 2.33. The van der Waals surface area contributed by atoms with E-state index in [1.165, 1.54) is 24.8 Å². The van der Waals surface area contributed by atoms with Gasteiger partial charge in [0, 0.05) is 24.5 Å². The molecule has 0 aliphatic heterocycles. The molecule has 0 bridgehead atoms. The number of hydrogen-bond donors (Lipinski definition) is 1. The fourth-order valence-electron chi connectivity index (χ4n) is 3.26. The first-order chi connectivity index (χ1) is 8.48. The molecule has 2 rings (SSSR count). The van der Waals surface area contributed by atoms with Gasteiger partial charge < -0.3 is 5.32 Å². The Balaban J connectivity index is 1.94. The first-order valence-corrected chi connectivity index (χ1v) is 7.14. The van der Waals surface area contributed by atoms with Crippen LogP contribution in [0.5, 0.6) is 0 Å². The minimum Gasteiger partial charge on any atom is -0.307 e. The van der Waals surface area contributed by atoms with E-state index in [1.54, 1.807) is 0 Å². The first kappa shape index (κ1) is 13.5. The summed E-state index contributed by atoms with van der Waals surface area (Å²) in [5.74, 6) is 0.762. The van der Waals surface area contributed by atoms with Gasteiger partial charge in [-0.1, -0.05) is 20.8 Å². The summed E-state index contributed by atoms with van der Waals surface area (Å²) in [7, 11) is 0. The van der Waals surface area contributed by atoms with Gasteiger partial charge in [0.05, 0.1) is 0 Å². The van der Waals surface area contributed by atoms with Crippen molar-refractivity contribution in [3.05, 3.63) is 30.1 Å². The summed E-state index contributed by atoms with van der Waals surface area (Å²) in [4.78, 5) is 4.08. The van der Waals surface area contributed by atoms with Crippen molar-refractivity contribution in [2.24, 2.45) is 11.3 Å². The van der Waals surface area contributed by atoms with Crippen molar-refractivity contribution in [1.82, 2.24) is 10.3 Å². The molecule has 100 valence electrons. The molecular weight excluding hydrogens is 220 g/mol. The maximum Gasteiger partial charge on any atom is 0.0295 e. The van der Waals surface area contributed by atoms with Crippen molar-refractivity contribution in [3.8, 4) is 0 Å². The molecule has 0 aromatic carbocycles. The lowest BCUT2D eigenvalue weighted by atomic mass is 9.70. The van der Waals surface area contributed by atoms with Crippen molar-refractivity contribution < 1.29 is 0 Å². The number of nitrogens with zero attached hydrogens (tertiary/aromatic N) is 1. The van der Waals surface area contributed by atoms with Gasteiger partial charge in [0.2, 0.25) is 0 Å². The van der Waals surface area contributed by atoms with Crippen LogP contribution < -0.4 is 5.32 Å². The molecule has 1 saturated carbocycles. The largest absolute Gasteiger partial charge is 0.307 e. The van der Waals surface area contributed by atoms with E-state index in [0.717, 1.165) is 5.92 Å². The Labute approximate surface area is 111 Å². The second kappa shape index (κ2) is 5.40. The molecule has 3 unspecified atom stereocenters. The fourth-order valence-corrected chi connectivity index (χ4v) is 3.26. The van der Waals surface area contributed by atoms with Crippen LogP contribution in [0, 0.1) is 11.3 Å². The third-order valence-corrected chi connectivity index (χ3v) is 4.36. The smallest absolute Gasteiger partial charge is 0.0295 e. The molecule has 18 heavy (non-hydrogen) atoms. The van der Waals surface area contributed by atoms with Crippen LogP contribution in [-0.2, 0) is 0 Å². The van der Waals surface area contributed by atoms with E-state index in [2.05, 4.69) is 50.1 Å². The van der Waals surface area contributed by atoms with Crippen LogP contribution in [0.15, 0.2) is 24.5 Å². The highest BCUT2D eigenvalue weighted by atomic mass is 15.0. The number of pyridine rings is 1. The minimum atomic E-state index is 0.418. The maximum absolute atomic E-state index is 4.08. The van der Waals surface area contributed by atoms with Crippen LogP contribution >= 0.6 is 0 Å². The van der Waals surface area contributed by atoms with Gasteiger partial charge in [0.1, 0.15) is 0 Å². The van der Waals surface area contributed by atoms with E-state index in [4.69, 9.17) is 0 Å². The molecule has 1 aliphatic rings. The van der Waals surface area contributed by atoms with Crippen LogP contribution in [0.3, 0.4) is 0 Å². The molecule has 1 N–H and O–H groups in total. The number of hydrogen-bond acceptors (Lipinski definition) is 2. The lowest BCUT2D eigenvalue weighted by Crippen LogP contribution is -2.42. The lowest BCUT2D eigenvalue weighted by Gasteiger charge is -2.40. The third kappa shape index (κ3) is 3.32. The molecule has 2 nitrogen and oxygen atoms in total. The van der Waals surface area contributed by atoms with Crippen molar-refractivity contribution in [2.45, 2.75) is 59.0 Å². The predicted octanol–water partition coefficient (Wildman–Crippen LogP) is 3.95. The summed E-state index contributed by atoms with van der Waals surface area (Å²) < 4.78 is 0. The molecule has 0 saturated heterocycles. The van der Waals surface area contributed by atoms with Crippen molar-refractivity contribution in [3.63, 3.8) is 0 Å². The zero-order valence-electron chi connectivity index (χ0n) is 12.1. The van der Waals surface area contributed by atoms with E-state index in [0.29, 0.717) is 17.5 Å². The molecule has 2 heteroatoms. The Morgan fingerprint density at radius 3 is 2.61 bits per heavy atom. The molecule has 0 spiro atoms. The fraction of sp³-hybridized carbons (Fsp3) is 0.688. The Morgan fingerprint density at radius 1 is 1.33 bits per heavy atom. The summed E-state index contributed by atoms with van der Waals surface area (Å²) in [6.07, 6.45) is 7.71. The van der Waals surface area contributed by atoms with E-state index in [9.17, 15) is 0 Å². The van der Waals surface area contributed by atoms with Gasteiger partial charge in [-0.15, -0.1) is 0 Å². The van der Waals surface area contributed by atoms with E-state index in [1.807, 2.05) is 12.4 Å². The normalized spacial score (nSPS) is 28.9. The zero-order chi connectivity index (χ0) is 13.2. The van der Waals surface area contributed by atoms with Gasteiger partial charge in [-0.2, -0.15) is 0 Å². The van der Waals surface area contributed by atoms with Crippen molar-refractivity contribution in [1.29, 1.82) is 0 Å². The van der Waals surface area contributed by atoms with Crippen molar-refractivity contribution in [2.75, 3.05) is 0 Å². The highest BCUT2D eigenvalue weighted by Gasteiger charge is 2.32. The van der Waals surface area contributed by atoms with Crippen LogP contribution in [0.1, 0.15) is 58.6 Å². The quantitative estimate of drug-likeness (QED) is 0.873. The van der Waals surface area contributed by atoms with E-state index >= 15 is 0 Å². The van der Waals surface area contributed by atoms with Crippen LogP contribution in [0.4, 0.5) is 0 Å². The molecule has 1 fully saturated rings. The third-order valence-electron chi connectivity index (χ3n) is 4.36. The van der Waals surface area contributed by atoms with Crippen LogP contribution in [0.2, 0.25) is 0 Å². The Bertz CT molecular complexity index is 372. The van der Waals surface area contributed by atoms with Gasteiger partial charge in [0.25, 0.3) is 0 Å². The van der Waals surface area contributed by atoms with Gasteiger partial charge >= 0.3 is 0 Å². The summed E-state index contributed by atoms with van der Waals surface area (Å²) in [5.41, 5.74) is 1.86. The first-order valence-electron chi connectivity index (χ1n) is 7.14. The SMILES string of the molecule is CC(NC1CCC(C)(C)CC1C)c1ccncc1. The second-order valence-corrected chi connectivity index (χ2v) is 6.66. The van der Waals surface area contributed by atoms with E-state index < -0.39 is 0 Å². The molecule has 1 heterocycles. The summed E-state index contributed by atoms with van der Waals surface area (Å²) >= 11 is 0. The topological polar surface area (TPSA) is 24.9 Å². The maximum atomic E-state index is 4.08. The monoisotopic (exact) mass is 246 g/mol. The number of rotatable bonds is 3. The predicted molar refractivity (Wildman–Crippen MR) is 76.4 cm³/mol. The molecule has 1 aromatic heterocycles. The van der Waals surface area contributed by atoms with Gasteiger partial charge in [-0.25, -0.2) is 0 Å². The van der Waals surface area contributed by atoms with Gasteiger partial charge in [0.15, 0.2) is 0 Å². The number of aromatic nitrogens is 1. The summed E-state index contributed by atoms with van der Waals surface area (Å²) in [6, 6.07) is 5.28. The molecule has 1 aromatic rings. The molecule has 0 radical (unpaired) electrons. The number of nitrogens with one attached hydrogen (secondary N) is 1. The Hall–Kier alpha value is -0.890. The van der Waals surface area contributed by atoms with Crippen molar-refractivity contribution >= 4 is 0 Å². The van der Waals surface area contributed by atoms with E-state index in [-0.39, 0.29) is 0 Å².